The van der Waals surface area contributed by atoms with E-state index in [4.69, 9.17) is 4.74 Å². The van der Waals surface area contributed by atoms with Gasteiger partial charge in [0.05, 0.1) is 18.1 Å². The maximum Gasteiger partial charge on any atom is 0.357 e. The molecule has 7 nitrogen and oxygen atoms in total. The second-order valence-electron chi connectivity index (χ2n) is 3.87. The van der Waals surface area contributed by atoms with Crippen LogP contribution in [-0.2, 0) is 10.1 Å². The molecule has 19 heavy (non-hydrogen) atoms. The van der Waals surface area contributed by atoms with E-state index in [0.717, 1.165) is 0 Å². The third-order valence-corrected chi connectivity index (χ3v) is 2.72. The van der Waals surface area contributed by atoms with Crippen LogP contribution in [0.25, 0.3) is 0 Å². The number of nitrogens with zero attached hydrogens (tertiary/aromatic N) is 2. The van der Waals surface area contributed by atoms with Gasteiger partial charge in [0.15, 0.2) is 5.69 Å². The largest absolute Gasteiger partial charge is 0.470 e. The Morgan fingerprint density at radius 3 is 2.63 bits per heavy atom. The summed E-state index contributed by atoms with van der Waals surface area (Å²) in [6, 6.07) is 1.26. The van der Waals surface area contributed by atoms with Crippen LogP contribution in [0.5, 0.6) is 5.88 Å². The van der Waals surface area contributed by atoms with Gasteiger partial charge < -0.3 is 9.47 Å². The van der Waals surface area contributed by atoms with E-state index in [9.17, 15) is 14.9 Å². The zero-order chi connectivity index (χ0) is 14.6. The van der Waals surface area contributed by atoms with Crippen LogP contribution >= 0.6 is 15.9 Å². The Balaban J connectivity index is 3.42. The van der Waals surface area contributed by atoms with E-state index in [-0.39, 0.29) is 28.7 Å². The second kappa shape index (κ2) is 6.46. The van der Waals surface area contributed by atoms with Gasteiger partial charge in [-0.2, -0.15) is 4.98 Å². The van der Waals surface area contributed by atoms with Crippen LogP contribution in [0, 0.1) is 10.1 Å². The Labute approximate surface area is 118 Å². The molecule has 0 amide bonds. The highest BCUT2D eigenvalue weighted by Crippen LogP contribution is 2.29. The Bertz CT molecular complexity index is 504. The third-order valence-electron chi connectivity index (χ3n) is 2.11. The van der Waals surface area contributed by atoms with Crippen molar-refractivity contribution in [2.24, 2.45) is 0 Å². The first kappa shape index (κ1) is 15.4. The average Bonchev–Trinajstić information content (AvgIpc) is 2.36. The lowest BCUT2D eigenvalue weighted by molar-refractivity contribution is -0.386. The number of carbonyl (C=O) groups is 1. The number of rotatable bonds is 5. The lowest BCUT2D eigenvalue weighted by Gasteiger charge is -2.11. The molecule has 0 bridgehead atoms. The maximum absolute atomic E-state index is 11.6. The first-order valence-electron chi connectivity index (χ1n) is 5.40. The van der Waals surface area contributed by atoms with Gasteiger partial charge in [-0.25, -0.2) is 4.79 Å². The molecular weight excluding hydrogens is 320 g/mol. The molecule has 1 rings (SSSR count). The van der Waals surface area contributed by atoms with E-state index in [1.165, 1.54) is 13.2 Å². The van der Waals surface area contributed by atoms with Crippen LogP contribution in [0.2, 0.25) is 0 Å². The predicted molar refractivity (Wildman–Crippen MR) is 70.6 cm³/mol. The normalized spacial score (nSPS) is 10.4. The monoisotopic (exact) mass is 332 g/mol. The number of aromatic nitrogens is 1. The van der Waals surface area contributed by atoms with Crippen molar-refractivity contribution in [2.75, 3.05) is 7.11 Å². The topological polar surface area (TPSA) is 91.6 Å². The highest BCUT2D eigenvalue weighted by Gasteiger charge is 2.25. The van der Waals surface area contributed by atoms with Gasteiger partial charge in [-0.1, -0.05) is 15.9 Å². The molecule has 0 atom stereocenters. The number of hydrogen-bond acceptors (Lipinski definition) is 6. The van der Waals surface area contributed by atoms with Crippen molar-refractivity contribution >= 4 is 27.6 Å². The van der Waals surface area contributed by atoms with Gasteiger partial charge in [-0.05, 0) is 13.8 Å². The summed E-state index contributed by atoms with van der Waals surface area (Å²) in [4.78, 5) is 25.9. The van der Waals surface area contributed by atoms with Crippen LogP contribution in [0.3, 0.4) is 0 Å². The Morgan fingerprint density at radius 1 is 1.58 bits per heavy atom. The van der Waals surface area contributed by atoms with E-state index in [2.05, 4.69) is 25.7 Å². The number of halogens is 1. The van der Waals surface area contributed by atoms with E-state index >= 15 is 0 Å². The number of alkyl halides is 1. The first-order chi connectivity index (χ1) is 8.90. The molecule has 0 unspecified atom stereocenters. The molecule has 0 radical (unpaired) electrons. The van der Waals surface area contributed by atoms with Gasteiger partial charge in [0.1, 0.15) is 0 Å². The van der Waals surface area contributed by atoms with Gasteiger partial charge >= 0.3 is 11.7 Å². The third kappa shape index (κ3) is 3.63. The molecule has 1 aromatic heterocycles. The zero-order valence-electron chi connectivity index (χ0n) is 10.7. The van der Waals surface area contributed by atoms with Crippen LogP contribution in [0.4, 0.5) is 5.69 Å². The zero-order valence-corrected chi connectivity index (χ0v) is 12.3. The quantitative estimate of drug-likeness (QED) is 0.356. The average molecular weight is 333 g/mol. The van der Waals surface area contributed by atoms with Crippen LogP contribution in [-0.4, -0.2) is 29.1 Å². The van der Waals surface area contributed by atoms with Gasteiger partial charge in [-0.15, -0.1) is 0 Å². The highest BCUT2D eigenvalue weighted by atomic mass is 79.9. The van der Waals surface area contributed by atoms with E-state index in [1.54, 1.807) is 13.8 Å². The molecular formula is C11H13BrN2O5. The van der Waals surface area contributed by atoms with Crippen molar-refractivity contribution in [2.45, 2.75) is 25.3 Å². The van der Waals surface area contributed by atoms with Crippen molar-refractivity contribution in [1.29, 1.82) is 0 Å². The summed E-state index contributed by atoms with van der Waals surface area (Å²) >= 11 is 3.15. The molecule has 1 heterocycles. The van der Waals surface area contributed by atoms with Crippen molar-refractivity contribution in [1.82, 2.24) is 4.98 Å². The molecule has 0 aliphatic heterocycles. The Morgan fingerprint density at radius 2 is 2.21 bits per heavy atom. The summed E-state index contributed by atoms with van der Waals surface area (Å²) in [5.74, 6) is -0.858. The number of nitro groups is 1. The number of pyridine rings is 1. The van der Waals surface area contributed by atoms with Gasteiger partial charge in [0.25, 0.3) is 5.88 Å². The Kier molecular flexibility index (Phi) is 5.22. The molecule has 104 valence electrons. The van der Waals surface area contributed by atoms with Crippen molar-refractivity contribution in [3.8, 4) is 5.88 Å². The fourth-order valence-corrected chi connectivity index (χ4v) is 1.77. The number of hydrogen-bond donors (Lipinski definition) is 0. The van der Waals surface area contributed by atoms with Crippen molar-refractivity contribution in [3.63, 3.8) is 0 Å². The predicted octanol–water partition coefficient (Wildman–Crippen LogP) is 2.46. The minimum atomic E-state index is -0.669. The van der Waals surface area contributed by atoms with Gasteiger partial charge in [0.2, 0.25) is 0 Å². The fourth-order valence-electron chi connectivity index (χ4n) is 1.34. The molecule has 1 aromatic rings. The molecule has 8 heteroatoms. The summed E-state index contributed by atoms with van der Waals surface area (Å²) in [7, 11) is 1.21. The number of esters is 1. The SMILES string of the molecule is COC(=O)c1nc(OC(C)C)c([N+](=O)[O-])cc1CBr. The summed E-state index contributed by atoms with van der Waals surface area (Å²) in [6.07, 6.45) is -0.300. The van der Waals surface area contributed by atoms with E-state index < -0.39 is 10.9 Å². The van der Waals surface area contributed by atoms with Crippen molar-refractivity contribution in [3.05, 3.63) is 27.4 Å². The van der Waals surface area contributed by atoms with E-state index in [0.29, 0.717) is 5.56 Å². The molecule has 0 aliphatic rings. The number of ether oxygens (including phenoxy) is 2. The van der Waals surface area contributed by atoms with Gasteiger partial charge in [-0.3, -0.25) is 10.1 Å². The number of methoxy groups -OCH3 is 1. The van der Waals surface area contributed by atoms with Gasteiger partial charge in [0, 0.05) is 17.0 Å². The smallest absolute Gasteiger partial charge is 0.357 e. The summed E-state index contributed by atoms with van der Waals surface area (Å²) in [6.45, 7) is 3.42. The molecule has 0 N–H and O–H groups in total. The second-order valence-corrected chi connectivity index (χ2v) is 4.43. The lowest BCUT2D eigenvalue weighted by atomic mass is 10.2. The summed E-state index contributed by atoms with van der Waals surface area (Å²) in [5.41, 5.74) is 0.0890. The Hall–Kier alpha value is -1.70. The van der Waals surface area contributed by atoms with E-state index in [1.807, 2.05) is 0 Å². The standard InChI is InChI=1S/C11H13BrN2O5/c1-6(2)19-10-8(14(16)17)4-7(5-12)9(13-10)11(15)18-3/h4,6H,5H2,1-3H3. The first-order valence-corrected chi connectivity index (χ1v) is 6.52. The van der Waals surface area contributed by atoms with Crippen LogP contribution in [0.1, 0.15) is 29.9 Å². The van der Waals surface area contributed by atoms with Crippen LogP contribution in [0.15, 0.2) is 6.07 Å². The highest BCUT2D eigenvalue weighted by molar-refractivity contribution is 9.08. The lowest BCUT2D eigenvalue weighted by Crippen LogP contribution is -2.14. The molecule has 0 fully saturated rings. The summed E-state index contributed by atoms with van der Waals surface area (Å²) < 4.78 is 9.86. The minimum Gasteiger partial charge on any atom is -0.470 e. The minimum absolute atomic E-state index is 0.000579. The van der Waals surface area contributed by atoms with Crippen LogP contribution < -0.4 is 4.74 Å². The molecule has 0 aliphatic carbocycles. The summed E-state index contributed by atoms with van der Waals surface area (Å²) in [5, 5.41) is 11.2. The molecule has 0 aromatic carbocycles. The number of carbonyl (C=O) groups excluding carboxylic acids is 1. The van der Waals surface area contributed by atoms with Crippen molar-refractivity contribution < 1.29 is 19.2 Å². The fraction of sp³-hybridized carbons (Fsp3) is 0.455. The molecule has 0 saturated heterocycles. The molecule has 0 spiro atoms. The maximum atomic E-state index is 11.6. The molecule has 0 saturated carbocycles.